The number of esters is 1. The van der Waals surface area contributed by atoms with Gasteiger partial charge >= 0.3 is 23.9 Å². The van der Waals surface area contributed by atoms with Crippen LogP contribution in [-0.4, -0.2) is 48.4 Å². The molecule has 5 aliphatic rings. The van der Waals surface area contributed by atoms with E-state index in [1.165, 1.54) is 24.5 Å². The molecule has 0 saturated heterocycles. The fourth-order valence-corrected chi connectivity index (χ4v) is 12.1. The Morgan fingerprint density at radius 1 is 0.812 bits per heavy atom. The summed E-state index contributed by atoms with van der Waals surface area (Å²) in [5, 5.41) is 0. The lowest BCUT2D eigenvalue weighted by Crippen LogP contribution is -2.65. The van der Waals surface area contributed by atoms with Gasteiger partial charge in [0.1, 0.15) is 16.7 Å². The van der Waals surface area contributed by atoms with Gasteiger partial charge in [0.25, 0.3) is 0 Å². The van der Waals surface area contributed by atoms with Crippen molar-refractivity contribution in [1.29, 1.82) is 0 Å². The fraction of sp³-hybridized carbons (Fsp3) is 0.394. The molecule has 2 atom stereocenters. The van der Waals surface area contributed by atoms with Crippen molar-refractivity contribution >= 4 is 44.5 Å². The molecule has 8 rings (SSSR count). The summed E-state index contributed by atoms with van der Waals surface area (Å²) in [5.74, 6) is -6.54. The number of fused-ring (bicyclic) bond motifs is 2. The van der Waals surface area contributed by atoms with Gasteiger partial charge in [-0.15, -0.1) is 0 Å². The highest BCUT2D eigenvalue weighted by atomic mass is 32.2. The zero-order chi connectivity index (χ0) is 34.7. The van der Waals surface area contributed by atoms with Crippen molar-refractivity contribution in [3.05, 3.63) is 78.9 Å². The highest BCUT2D eigenvalue weighted by Gasteiger charge is 2.76. The lowest BCUT2D eigenvalue weighted by atomic mass is 9.49. The molecule has 256 valence electrons. The van der Waals surface area contributed by atoms with E-state index in [4.69, 9.17) is 0 Å². The van der Waals surface area contributed by atoms with Crippen molar-refractivity contribution < 1.29 is 53.6 Å². The zero-order valence-electron chi connectivity index (χ0n) is 24.9. The van der Waals surface area contributed by atoms with E-state index in [0.717, 1.165) is 0 Å². The molecular weight excluding hydrogens is 703 g/mol. The summed E-state index contributed by atoms with van der Waals surface area (Å²) in [6, 6.07) is 28.4. The molecule has 0 aromatic heterocycles. The van der Waals surface area contributed by atoms with Gasteiger partial charge in [0.2, 0.25) is 0 Å². The molecule has 3 aromatic carbocycles. The summed E-state index contributed by atoms with van der Waals surface area (Å²) in [6.07, 6.45) is -12.5. The van der Waals surface area contributed by atoms with Crippen molar-refractivity contribution in [3.63, 3.8) is 0 Å². The highest BCUT2D eigenvalue weighted by molar-refractivity contribution is 8.04. The number of halogens is 6. The molecule has 3 aromatic rings. The van der Waals surface area contributed by atoms with Gasteiger partial charge in [0, 0.05) is 11.8 Å². The number of carbonyl (C=O) groups is 2. The molecule has 4 aliphatic carbocycles. The Hall–Kier alpha value is -3.01. The number of ketones is 1. The van der Waals surface area contributed by atoms with Crippen LogP contribution >= 0.6 is 11.8 Å². The van der Waals surface area contributed by atoms with Crippen molar-refractivity contribution in [2.75, 3.05) is 5.75 Å². The van der Waals surface area contributed by atoms with Crippen molar-refractivity contribution in [2.24, 2.45) is 23.2 Å². The number of hydrogen-bond donors (Lipinski definition) is 0. The normalized spacial score (nSPS) is 25.1. The highest BCUT2D eigenvalue weighted by Crippen LogP contribution is 2.60. The summed E-state index contributed by atoms with van der Waals surface area (Å²) in [7, 11) is -6.06. The van der Waals surface area contributed by atoms with Crippen molar-refractivity contribution in [1.82, 2.24) is 0 Å². The number of ether oxygens (including phenoxy) is 1. The maximum atomic E-state index is 13.3. The van der Waals surface area contributed by atoms with Gasteiger partial charge in [0.15, 0.2) is 14.7 Å². The SMILES string of the molecule is O=C1C2CC3CC1CC(C(=O)OC(CS(=O)(=O)[O-])(C(F)(F)F)C(F)(F)F)(C3)C2.c1ccc([S+]2c3ccccc3Sc3ccccc32)cc1. The van der Waals surface area contributed by atoms with Gasteiger partial charge < -0.3 is 9.29 Å². The molecule has 2 unspecified atom stereocenters. The first kappa shape index (κ1) is 34.8. The van der Waals surface area contributed by atoms with Crippen LogP contribution in [0, 0.1) is 23.2 Å². The minimum absolute atomic E-state index is 0.0212. The number of Topliss-reactive ketones (excluding diaryl/α,β-unsaturated/α-hetero) is 1. The molecule has 0 radical (unpaired) electrons. The van der Waals surface area contributed by atoms with E-state index in [1.807, 2.05) is 11.8 Å². The van der Waals surface area contributed by atoms with Crippen LogP contribution in [0.15, 0.2) is 103 Å². The smallest absolute Gasteiger partial charge is 0.438 e. The van der Waals surface area contributed by atoms with Gasteiger partial charge in [-0.3, -0.25) is 9.59 Å². The maximum Gasteiger partial charge on any atom is 0.438 e. The van der Waals surface area contributed by atoms with Crippen LogP contribution in [-0.2, 0) is 35.3 Å². The third kappa shape index (κ3) is 6.38. The second kappa shape index (κ2) is 12.4. The minimum Gasteiger partial charge on any atom is -0.748 e. The Morgan fingerprint density at radius 2 is 1.29 bits per heavy atom. The molecule has 6 nitrogen and oxygen atoms in total. The van der Waals surface area contributed by atoms with E-state index in [0.29, 0.717) is 12.8 Å². The zero-order valence-corrected chi connectivity index (χ0v) is 27.4. The molecule has 4 saturated carbocycles. The summed E-state index contributed by atoms with van der Waals surface area (Å²) < 4.78 is 116. The molecule has 4 bridgehead atoms. The lowest BCUT2D eigenvalue weighted by molar-refractivity contribution is -0.364. The number of alkyl halides is 6. The summed E-state index contributed by atoms with van der Waals surface area (Å²) in [5.41, 5.74) is -7.19. The average Bonchev–Trinajstić information content (AvgIpc) is 3.00. The minimum atomic E-state index is -6.39. The van der Waals surface area contributed by atoms with Crippen LogP contribution < -0.4 is 0 Å². The largest absolute Gasteiger partial charge is 0.748 e. The number of hydrogen-bond acceptors (Lipinski definition) is 7. The Balaban J connectivity index is 0.000000176. The van der Waals surface area contributed by atoms with Crippen LogP contribution in [0.5, 0.6) is 0 Å². The van der Waals surface area contributed by atoms with Crippen LogP contribution in [0.3, 0.4) is 0 Å². The quantitative estimate of drug-likeness (QED) is 0.0904. The van der Waals surface area contributed by atoms with Crippen LogP contribution in [0.1, 0.15) is 32.1 Å². The predicted octanol–water partition coefficient (Wildman–Crippen LogP) is 7.58. The second-order valence-electron chi connectivity index (χ2n) is 12.6. The monoisotopic (exact) mass is 730 g/mol. The molecular formula is C33H28F6O6S3. The van der Waals surface area contributed by atoms with Gasteiger partial charge in [-0.25, -0.2) is 8.42 Å². The van der Waals surface area contributed by atoms with E-state index in [1.54, 1.807) is 0 Å². The average molecular weight is 731 g/mol. The molecule has 4 fully saturated rings. The van der Waals surface area contributed by atoms with E-state index in [-0.39, 0.29) is 41.9 Å². The number of benzene rings is 3. The van der Waals surface area contributed by atoms with E-state index in [9.17, 15) is 48.9 Å². The van der Waals surface area contributed by atoms with Crippen molar-refractivity contribution in [3.8, 4) is 0 Å². The Labute approximate surface area is 279 Å². The molecule has 0 spiro atoms. The third-order valence-corrected chi connectivity index (χ3v) is 13.8. The van der Waals surface area contributed by atoms with Gasteiger partial charge in [-0.1, -0.05) is 54.2 Å². The Morgan fingerprint density at radius 3 is 1.77 bits per heavy atom. The van der Waals surface area contributed by atoms with Crippen LogP contribution in [0.25, 0.3) is 0 Å². The molecule has 0 amide bonds. The summed E-state index contributed by atoms with van der Waals surface area (Å²) in [6.45, 7) is 0. The molecule has 1 heterocycles. The maximum absolute atomic E-state index is 13.3. The fourth-order valence-electron chi connectivity index (χ4n) is 7.44. The van der Waals surface area contributed by atoms with E-state index in [2.05, 4.69) is 83.6 Å². The summed E-state index contributed by atoms with van der Waals surface area (Å²) in [4.78, 5) is 31.7. The van der Waals surface area contributed by atoms with Crippen LogP contribution in [0.4, 0.5) is 26.3 Å². The van der Waals surface area contributed by atoms with Gasteiger partial charge in [-0.2, -0.15) is 26.3 Å². The topological polar surface area (TPSA) is 101 Å². The molecule has 1 aliphatic heterocycles. The Bertz CT molecular complexity index is 1750. The predicted molar refractivity (Wildman–Crippen MR) is 162 cm³/mol. The standard InChI is InChI=1S/C18H13S2.C15H16F6O6S/c1-2-8-14(9-3-1)20-17-12-6-4-10-15(17)19-16-11-5-7-13-18(16)20;16-14(17,18)13(15(19,20)21,6-28(24,25)26)27-11(23)12-3-7-1-8(4-12)10(22)9(2-7)5-12/h1-13H;7-9H,1-6H2,(H,24,25,26)/q+1;/p-1. The van der Waals surface area contributed by atoms with E-state index < -0.39 is 57.0 Å². The second-order valence-corrected chi connectivity index (χ2v) is 17.0. The number of rotatable bonds is 5. The first-order valence-corrected chi connectivity index (χ1v) is 18.5. The van der Waals surface area contributed by atoms with Gasteiger partial charge in [-0.05, 0) is 74.4 Å². The summed E-state index contributed by atoms with van der Waals surface area (Å²) >= 11 is 1.89. The lowest BCUT2D eigenvalue weighted by Gasteiger charge is -2.54. The first-order valence-electron chi connectivity index (χ1n) is 14.9. The first-order chi connectivity index (χ1) is 22.4. The van der Waals surface area contributed by atoms with Crippen molar-refractivity contribution in [2.45, 2.75) is 74.5 Å². The van der Waals surface area contributed by atoms with Crippen LogP contribution in [0.2, 0.25) is 0 Å². The molecule has 15 heteroatoms. The van der Waals surface area contributed by atoms with E-state index >= 15 is 0 Å². The molecule has 48 heavy (non-hydrogen) atoms. The molecule has 0 N–H and O–H groups in total. The third-order valence-electron chi connectivity index (χ3n) is 9.33. The van der Waals surface area contributed by atoms with Gasteiger partial charge in [0.05, 0.1) is 31.1 Å². The number of carbonyl (C=O) groups excluding carboxylic acids is 2. The Kier molecular flexibility index (Phi) is 9.00.